The molecule has 1 rings (SSSR count). The van der Waals surface area contributed by atoms with Crippen LogP contribution in [-0.2, 0) is 10.3 Å². The minimum atomic E-state index is -0.466. The number of hydrogen-bond acceptors (Lipinski definition) is 3. The van der Waals surface area contributed by atoms with Crippen LogP contribution in [0.25, 0.3) is 0 Å². The summed E-state index contributed by atoms with van der Waals surface area (Å²) in [5, 5.41) is 0. The molecule has 2 N–H and O–H groups in total. The van der Waals surface area contributed by atoms with Crippen molar-refractivity contribution in [2.75, 3.05) is 13.7 Å². The summed E-state index contributed by atoms with van der Waals surface area (Å²) >= 11 is 0. The van der Waals surface area contributed by atoms with Crippen molar-refractivity contribution < 1.29 is 4.74 Å². The number of hydrogen-bond donors (Lipinski definition) is 1. The summed E-state index contributed by atoms with van der Waals surface area (Å²) in [4.78, 5) is 4.38. The van der Waals surface area contributed by atoms with Gasteiger partial charge in [0.25, 0.3) is 0 Å². The van der Waals surface area contributed by atoms with E-state index in [1.165, 1.54) is 0 Å². The van der Waals surface area contributed by atoms with Crippen LogP contribution >= 0.6 is 0 Å². The van der Waals surface area contributed by atoms with Crippen LogP contribution in [0.5, 0.6) is 0 Å². The number of aromatic nitrogens is 1. The second kappa shape index (κ2) is 3.85. The molecule has 0 saturated heterocycles. The van der Waals surface area contributed by atoms with E-state index in [0.717, 1.165) is 11.4 Å². The molecule has 0 fully saturated rings. The predicted molar refractivity (Wildman–Crippen MR) is 52.4 cm³/mol. The Kier molecular flexibility index (Phi) is 3.01. The summed E-state index contributed by atoms with van der Waals surface area (Å²) in [7, 11) is 1.65. The third-order valence-electron chi connectivity index (χ3n) is 2.27. The molecule has 1 aromatic heterocycles. The van der Waals surface area contributed by atoms with Crippen molar-refractivity contribution >= 4 is 0 Å². The lowest BCUT2D eigenvalue weighted by Gasteiger charge is -2.25. The molecule has 1 aromatic rings. The summed E-state index contributed by atoms with van der Waals surface area (Å²) in [5.41, 5.74) is 7.04. The van der Waals surface area contributed by atoms with Crippen LogP contribution < -0.4 is 5.73 Å². The van der Waals surface area contributed by atoms with E-state index in [1.807, 2.05) is 32.0 Å². The van der Waals surface area contributed by atoms with Gasteiger partial charge in [-0.2, -0.15) is 0 Å². The zero-order chi connectivity index (χ0) is 9.90. The monoisotopic (exact) mass is 180 g/mol. The van der Waals surface area contributed by atoms with E-state index in [-0.39, 0.29) is 0 Å². The third-order valence-corrected chi connectivity index (χ3v) is 2.27. The fourth-order valence-electron chi connectivity index (χ4n) is 1.13. The SMILES string of the molecule is COC(C)(CN)c1cccc(C)n1. The lowest BCUT2D eigenvalue weighted by Crippen LogP contribution is -2.34. The molecule has 0 radical (unpaired) electrons. The van der Waals surface area contributed by atoms with Crippen LogP contribution in [-0.4, -0.2) is 18.6 Å². The molecular formula is C10H16N2O. The minimum absolute atomic E-state index is 0.431. The molecule has 0 amide bonds. The number of nitrogens with two attached hydrogens (primary N) is 1. The molecule has 1 atom stereocenters. The van der Waals surface area contributed by atoms with Crippen molar-refractivity contribution in [2.24, 2.45) is 5.73 Å². The van der Waals surface area contributed by atoms with Crippen molar-refractivity contribution in [3.05, 3.63) is 29.6 Å². The largest absolute Gasteiger partial charge is 0.371 e. The van der Waals surface area contributed by atoms with Crippen molar-refractivity contribution in [3.63, 3.8) is 0 Å². The number of methoxy groups -OCH3 is 1. The standard InChI is InChI=1S/C10H16N2O/c1-8-5-4-6-9(12-8)10(2,7-11)13-3/h4-6H,7,11H2,1-3H3. The van der Waals surface area contributed by atoms with Gasteiger partial charge in [0.2, 0.25) is 0 Å². The van der Waals surface area contributed by atoms with Gasteiger partial charge in [0, 0.05) is 19.3 Å². The Morgan fingerprint density at radius 3 is 2.69 bits per heavy atom. The lowest BCUT2D eigenvalue weighted by atomic mass is 10.0. The Morgan fingerprint density at radius 2 is 2.23 bits per heavy atom. The zero-order valence-electron chi connectivity index (χ0n) is 8.37. The predicted octanol–water partition coefficient (Wildman–Crippen LogP) is 1.21. The molecule has 0 aromatic carbocycles. The van der Waals surface area contributed by atoms with Gasteiger partial charge in [-0.05, 0) is 26.0 Å². The Hall–Kier alpha value is -0.930. The molecule has 0 spiro atoms. The summed E-state index contributed by atoms with van der Waals surface area (Å²) < 4.78 is 5.34. The van der Waals surface area contributed by atoms with Crippen molar-refractivity contribution in [1.82, 2.24) is 4.98 Å². The van der Waals surface area contributed by atoms with Gasteiger partial charge >= 0.3 is 0 Å². The van der Waals surface area contributed by atoms with Crippen molar-refractivity contribution in [3.8, 4) is 0 Å². The number of pyridine rings is 1. The Bertz CT molecular complexity index is 282. The molecule has 3 nitrogen and oxygen atoms in total. The molecule has 0 aliphatic carbocycles. The fraction of sp³-hybridized carbons (Fsp3) is 0.500. The first-order valence-electron chi connectivity index (χ1n) is 4.32. The van der Waals surface area contributed by atoms with Crippen LogP contribution in [0, 0.1) is 6.92 Å². The van der Waals surface area contributed by atoms with Crippen LogP contribution in [0.15, 0.2) is 18.2 Å². The molecule has 72 valence electrons. The second-order valence-corrected chi connectivity index (χ2v) is 3.30. The quantitative estimate of drug-likeness (QED) is 0.760. The topological polar surface area (TPSA) is 48.1 Å². The van der Waals surface area contributed by atoms with E-state index in [0.29, 0.717) is 6.54 Å². The molecule has 0 bridgehead atoms. The molecule has 13 heavy (non-hydrogen) atoms. The van der Waals surface area contributed by atoms with E-state index in [9.17, 15) is 0 Å². The van der Waals surface area contributed by atoms with E-state index < -0.39 is 5.60 Å². The van der Waals surface area contributed by atoms with E-state index in [2.05, 4.69) is 4.98 Å². The highest BCUT2D eigenvalue weighted by molar-refractivity contribution is 5.16. The van der Waals surface area contributed by atoms with Crippen molar-refractivity contribution in [2.45, 2.75) is 19.4 Å². The summed E-state index contributed by atoms with van der Waals surface area (Å²) in [6.07, 6.45) is 0. The smallest absolute Gasteiger partial charge is 0.119 e. The van der Waals surface area contributed by atoms with Gasteiger partial charge < -0.3 is 10.5 Å². The highest BCUT2D eigenvalue weighted by atomic mass is 16.5. The lowest BCUT2D eigenvalue weighted by molar-refractivity contribution is 0.00630. The first kappa shape index (κ1) is 10.2. The zero-order valence-corrected chi connectivity index (χ0v) is 8.37. The third kappa shape index (κ3) is 2.05. The number of ether oxygens (including phenoxy) is 1. The normalized spacial score (nSPS) is 15.4. The number of aryl methyl sites for hydroxylation is 1. The van der Waals surface area contributed by atoms with Gasteiger partial charge in [0.05, 0.1) is 5.69 Å². The van der Waals surface area contributed by atoms with Gasteiger partial charge in [0.1, 0.15) is 5.60 Å². The summed E-state index contributed by atoms with van der Waals surface area (Å²) in [6, 6.07) is 5.85. The Morgan fingerprint density at radius 1 is 1.54 bits per heavy atom. The Balaban J connectivity index is 3.05. The van der Waals surface area contributed by atoms with E-state index in [4.69, 9.17) is 10.5 Å². The second-order valence-electron chi connectivity index (χ2n) is 3.30. The molecule has 0 aliphatic heterocycles. The molecule has 1 unspecified atom stereocenters. The molecule has 0 saturated carbocycles. The molecular weight excluding hydrogens is 164 g/mol. The van der Waals surface area contributed by atoms with Gasteiger partial charge in [-0.1, -0.05) is 6.07 Å². The average molecular weight is 180 g/mol. The molecule has 0 aliphatic rings. The maximum Gasteiger partial charge on any atom is 0.119 e. The van der Waals surface area contributed by atoms with Gasteiger partial charge in [0.15, 0.2) is 0 Å². The average Bonchev–Trinajstić information content (AvgIpc) is 2.17. The molecule has 3 heteroatoms. The van der Waals surface area contributed by atoms with Crippen molar-refractivity contribution in [1.29, 1.82) is 0 Å². The summed E-state index contributed by atoms with van der Waals surface area (Å²) in [5.74, 6) is 0. The Labute approximate surface area is 78.9 Å². The maximum atomic E-state index is 5.63. The highest BCUT2D eigenvalue weighted by Gasteiger charge is 2.25. The van der Waals surface area contributed by atoms with Crippen LogP contribution in [0.2, 0.25) is 0 Å². The fourth-order valence-corrected chi connectivity index (χ4v) is 1.13. The minimum Gasteiger partial charge on any atom is -0.371 e. The first-order chi connectivity index (χ1) is 6.12. The summed E-state index contributed by atoms with van der Waals surface area (Å²) in [6.45, 7) is 4.32. The van der Waals surface area contributed by atoms with Crippen LogP contribution in [0.3, 0.4) is 0 Å². The highest BCUT2D eigenvalue weighted by Crippen LogP contribution is 2.20. The van der Waals surface area contributed by atoms with E-state index >= 15 is 0 Å². The maximum absolute atomic E-state index is 5.63. The van der Waals surface area contributed by atoms with E-state index in [1.54, 1.807) is 7.11 Å². The number of rotatable bonds is 3. The van der Waals surface area contributed by atoms with Gasteiger partial charge in [-0.15, -0.1) is 0 Å². The van der Waals surface area contributed by atoms with Gasteiger partial charge in [-0.25, -0.2) is 0 Å². The first-order valence-corrected chi connectivity index (χ1v) is 4.32. The van der Waals surface area contributed by atoms with Crippen LogP contribution in [0.1, 0.15) is 18.3 Å². The van der Waals surface area contributed by atoms with Gasteiger partial charge in [-0.3, -0.25) is 4.98 Å². The molecule has 1 heterocycles. The van der Waals surface area contributed by atoms with Crippen LogP contribution in [0.4, 0.5) is 0 Å². The number of nitrogens with zero attached hydrogens (tertiary/aromatic N) is 1.